The summed E-state index contributed by atoms with van der Waals surface area (Å²) in [5.74, 6) is 5.50. The van der Waals surface area contributed by atoms with Gasteiger partial charge in [-0.05, 0) is 31.4 Å². The normalized spacial score (nSPS) is 11.2. The van der Waals surface area contributed by atoms with Crippen molar-refractivity contribution in [2.45, 2.75) is 31.8 Å². The summed E-state index contributed by atoms with van der Waals surface area (Å²) in [6.07, 6.45) is 1.82. The van der Waals surface area contributed by atoms with Crippen LogP contribution in [0.4, 0.5) is 0 Å². The molecule has 0 radical (unpaired) electrons. The van der Waals surface area contributed by atoms with Crippen molar-refractivity contribution in [2.75, 3.05) is 7.11 Å². The highest BCUT2D eigenvalue weighted by molar-refractivity contribution is 5.68. The SMILES string of the molecule is COC(=O)CCCCC(O)C#Cc1ccccc1. The summed E-state index contributed by atoms with van der Waals surface area (Å²) >= 11 is 0. The van der Waals surface area contributed by atoms with E-state index in [-0.39, 0.29) is 5.97 Å². The standard InChI is InChI=1S/C15H18O3/c1-18-15(17)10-6-5-9-14(16)12-11-13-7-3-2-4-8-13/h2-4,7-8,14,16H,5-6,9-10H2,1H3. The molecule has 0 aliphatic rings. The first kappa shape index (κ1) is 14.3. The molecule has 0 aromatic heterocycles. The van der Waals surface area contributed by atoms with Crippen LogP contribution >= 0.6 is 0 Å². The maximum atomic E-state index is 10.9. The van der Waals surface area contributed by atoms with Crippen LogP contribution in [0.15, 0.2) is 30.3 Å². The Morgan fingerprint density at radius 2 is 2.06 bits per heavy atom. The van der Waals surface area contributed by atoms with Crippen LogP contribution < -0.4 is 0 Å². The molecule has 3 heteroatoms. The summed E-state index contributed by atoms with van der Waals surface area (Å²) in [4.78, 5) is 10.9. The number of aliphatic hydroxyl groups is 1. The van der Waals surface area contributed by atoms with E-state index in [0.717, 1.165) is 18.4 Å². The molecular weight excluding hydrogens is 228 g/mol. The van der Waals surface area contributed by atoms with Gasteiger partial charge in [-0.3, -0.25) is 4.79 Å². The van der Waals surface area contributed by atoms with Crippen LogP contribution in [0.2, 0.25) is 0 Å². The Balaban J connectivity index is 2.24. The van der Waals surface area contributed by atoms with Gasteiger partial charge in [0.2, 0.25) is 0 Å². The zero-order valence-electron chi connectivity index (χ0n) is 10.6. The van der Waals surface area contributed by atoms with Crippen molar-refractivity contribution in [2.24, 2.45) is 0 Å². The van der Waals surface area contributed by atoms with Crippen LogP contribution in [0, 0.1) is 11.8 Å². The maximum absolute atomic E-state index is 10.9. The number of esters is 1. The molecular formula is C15H18O3. The molecule has 0 spiro atoms. The van der Waals surface area contributed by atoms with Gasteiger partial charge in [-0.2, -0.15) is 0 Å². The summed E-state index contributed by atoms with van der Waals surface area (Å²) < 4.78 is 4.53. The Hall–Kier alpha value is -1.79. The van der Waals surface area contributed by atoms with Crippen molar-refractivity contribution < 1.29 is 14.6 Å². The van der Waals surface area contributed by atoms with Gasteiger partial charge in [0.15, 0.2) is 0 Å². The molecule has 1 aromatic rings. The fourth-order valence-corrected chi connectivity index (χ4v) is 1.47. The van der Waals surface area contributed by atoms with Gasteiger partial charge in [0.25, 0.3) is 0 Å². The Kier molecular flexibility index (Phi) is 6.60. The average molecular weight is 246 g/mol. The molecule has 0 aliphatic heterocycles. The molecule has 96 valence electrons. The minimum Gasteiger partial charge on any atom is -0.469 e. The van der Waals surface area contributed by atoms with Gasteiger partial charge >= 0.3 is 5.97 Å². The monoisotopic (exact) mass is 246 g/mol. The molecule has 0 saturated heterocycles. The lowest BCUT2D eigenvalue weighted by Crippen LogP contribution is -2.04. The Labute approximate surface area is 108 Å². The predicted molar refractivity (Wildman–Crippen MR) is 69.8 cm³/mol. The van der Waals surface area contributed by atoms with E-state index in [0.29, 0.717) is 12.8 Å². The van der Waals surface area contributed by atoms with Crippen molar-refractivity contribution in [3.63, 3.8) is 0 Å². The minimum absolute atomic E-state index is 0.208. The molecule has 1 N–H and O–H groups in total. The number of rotatable bonds is 5. The van der Waals surface area contributed by atoms with Crippen LogP contribution in [-0.2, 0) is 9.53 Å². The topological polar surface area (TPSA) is 46.5 Å². The van der Waals surface area contributed by atoms with Crippen molar-refractivity contribution in [1.82, 2.24) is 0 Å². The molecule has 18 heavy (non-hydrogen) atoms. The molecule has 1 rings (SSSR count). The number of carbonyl (C=O) groups is 1. The van der Waals surface area contributed by atoms with Gasteiger partial charge in [0, 0.05) is 12.0 Å². The van der Waals surface area contributed by atoms with Crippen molar-refractivity contribution in [3.05, 3.63) is 35.9 Å². The zero-order valence-corrected chi connectivity index (χ0v) is 10.6. The lowest BCUT2D eigenvalue weighted by atomic mass is 10.1. The number of methoxy groups -OCH3 is 1. The molecule has 0 saturated carbocycles. The molecule has 1 aromatic carbocycles. The molecule has 0 bridgehead atoms. The van der Waals surface area contributed by atoms with Crippen LogP contribution in [0.1, 0.15) is 31.2 Å². The third kappa shape index (κ3) is 6.07. The van der Waals surface area contributed by atoms with Crippen LogP contribution in [-0.4, -0.2) is 24.3 Å². The molecule has 3 nitrogen and oxygen atoms in total. The summed E-state index contributed by atoms with van der Waals surface area (Å²) in [5, 5.41) is 9.64. The van der Waals surface area contributed by atoms with Crippen LogP contribution in [0.25, 0.3) is 0 Å². The second-order valence-corrected chi connectivity index (χ2v) is 3.97. The van der Waals surface area contributed by atoms with Crippen molar-refractivity contribution >= 4 is 5.97 Å². The van der Waals surface area contributed by atoms with E-state index in [1.165, 1.54) is 7.11 Å². The number of hydrogen-bond acceptors (Lipinski definition) is 3. The Morgan fingerprint density at radius 3 is 2.72 bits per heavy atom. The highest BCUT2D eigenvalue weighted by Crippen LogP contribution is 2.04. The summed E-state index contributed by atoms with van der Waals surface area (Å²) in [5.41, 5.74) is 0.895. The highest BCUT2D eigenvalue weighted by atomic mass is 16.5. The summed E-state index contributed by atoms with van der Waals surface area (Å²) in [6, 6.07) is 9.54. The number of carbonyl (C=O) groups excluding carboxylic acids is 1. The van der Waals surface area contributed by atoms with Gasteiger partial charge in [-0.1, -0.05) is 30.0 Å². The van der Waals surface area contributed by atoms with Crippen molar-refractivity contribution in [1.29, 1.82) is 0 Å². The summed E-state index contributed by atoms with van der Waals surface area (Å²) in [7, 11) is 1.38. The number of benzene rings is 1. The number of hydrogen-bond donors (Lipinski definition) is 1. The average Bonchev–Trinajstić information content (AvgIpc) is 2.42. The first-order valence-corrected chi connectivity index (χ1v) is 6.04. The molecule has 0 aliphatic carbocycles. The predicted octanol–water partition coefficient (Wildman–Crippen LogP) is 2.13. The molecule has 1 atom stereocenters. The second-order valence-electron chi connectivity index (χ2n) is 3.97. The van der Waals surface area contributed by atoms with Gasteiger partial charge in [0.1, 0.15) is 6.10 Å². The van der Waals surface area contributed by atoms with E-state index < -0.39 is 6.10 Å². The largest absolute Gasteiger partial charge is 0.469 e. The third-order valence-corrected chi connectivity index (χ3v) is 2.49. The minimum atomic E-state index is -0.636. The number of aliphatic hydroxyl groups excluding tert-OH is 1. The first-order valence-electron chi connectivity index (χ1n) is 6.04. The van der Waals surface area contributed by atoms with Gasteiger partial charge < -0.3 is 9.84 Å². The zero-order chi connectivity index (χ0) is 13.2. The lowest BCUT2D eigenvalue weighted by Gasteiger charge is -2.02. The fourth-order valence-electron chi connectivity index (χ4n) is 1.47. The van der Waals surface area contributed by atoms with E-state index in [4.69, 9.17) is 0 Å². The van der Waals surface area contributed by atoms with Crippen LogP contribution in [0.3, 0.4) is 0 Å². The highest BCUT2D eigenvalue weighted by Gasteiger charge is 2.02. The second kappa shape index (κ2) is 8.32. The summed E-state index contributed by atoms with van der Waals surface area (Å²) in [6.45, 7) is 0. The van der Waals surface area contributed by atoms with E-state index in [1.54, 1.807) is 0 Å². The molecule has 0 heterocycles. The quantitative estimate of drug-likeness (QED) is 0.492. The van der Waals surface area contributed by atoms with E-state index in [2.05, 4.69) is 16.6 Å². The molecule has 0 fully saturated rings. The van der Waals surface area contributed by atoms with Gasteiger partial charge in [0.05, 0.1) is 7.11 Å². The lowest BCUT2D eigenvalue weighted by molar-refractivity contribution is -0.140. The fraction of sp³-hybridized carbons (Fsp3) is 0.400. The first-order chi connectivity index (χ1) is 8.72. The van der Waals surface area contributed by atoms with E-state index in [9.17, 15) is 9.90 Å². The van der Waals surface area contributed by atoms with Gasteiger partial charge in [-0.25, -0.2) is 0 Å². The maximum Gasteiger partial charge on any atom is 0.305 e. The molecule has 0 amide bonds. The van der Waals surface area contributed by atoms with Crippen LogP contribution in [0.5, 0.6) is 0 Å². The third-order valence-electron chi connectivity index (χ3n) is 2.49. The van der Waals surface area contributed by atoms with E-state index in [1.807, 2.05) is 30.3 Å². The van der Waals surface area contributed by atoms with E-state index >= 15 is 0 Å². The number of unbranched alkanes of at least 4 members (excludes halogenated alkanes) is 1. The number of ether oxygens (including phenoxy) is 1. The smallest absolute Gasteiger partial charge is 0.305 e. The Morgan fingerprint density at radius 1 is 1.33 bits per heavy atom. The van der Waals surface area contributed by atoms with Gasteiger partial charge in [-0.15, -0.1) is 0 Å². The molecule has 1 unspecified atom stereocenters. The Bertz CT molecular complexity index is 414. The van der Waals surface area contributed by atoms with Crippen molar-refractivity contribution in [3.8, 4) is 11.8 Å².